The summed E-state index contributed by atoms with van der Waals surface area (Å²) < 4.78 is 17.8. The number of hydrogen-bond acceptors (Lipinski definition) is 3. The lowest BCUT2D eigenvalue weighted by Gasteiger charge is -1.96. The number of H-pyrrole nitrogens is 1. The van der Waals surface area contributed by atoms with Crippen molar-refractivity contribution >= 4 is 0 Å². The lowest BCUT2D eigenvalue weighted by Crippen LogP contribution is -2.05. The number of aromatic amines is 1. The fourth-order valence-electron chi connectivity index (χ4n) is 1.14. The van der Waals surface area contributed by atoms with E-state index in [2.05, 4.69) is 10.1 Å². The zero-order valence-corrected chi connectivity index (χ0v) is 7.41. The minimum absolute atomic E-state index is 0.236. The van der Waals surface area contributed by atoms with Crippen LogP contribution in [0.3, 0.4) is 0 Å². The molecule has 0 aliphatic rings. The Hall–Kier alpha value is -1.91. The lowest BCUT2D eigenvalue weighted by molar-refractivity contribution is -0.379. The Balaban J connectivity index is 2.57. The molecule has 2 aromatic rings. The van der Waals surface area contributed by atoms with Crippen LogP contribution in [-0.4, -0.2) is 10.3 Å². The minimum atomic E-state index is -0.690. The van der Waals surface area contributed by atoms with E-state index in [4.69, 9.17) is 4.52 Å². The molecule has 4 nitrogen and oxygen atoms in total. The molecule has 2 N–H and O–H groups in total. The molecule has 0 aliphatic carbocycles. The number of aromatic nitrogens is 2. The van der Waals surface area contributed by atoms with Crippen molar-refractivity contribution in [1.82, 2.24) is 5.16 Å². The van der Waals surface area contributed by atoms with Crippen LogP contribution in [0, 0.1) is 12.7 Å². The summed E-state index contributed by atoms with van der Waals surface area (Å²) in [5, 5.41) is 13.0. The lowest BCUT2D eigenvalue weighted by atomic mass is 10.2. The van der Waals surface area contributed by atoms with E-state index < -0.39 is 11.6 Å². The first-order valence-corrected chi connectivity index (χ1v) is 4.02. The molecule has 0 saturated carbocycles. The number of phenols is 1. The summed E-state index contributed by atoms with van der Waals surface area (Å²) in [6, 6.07) is 4.19. The van der Waals surface area contributed by atoms with Crippen molar-refractivity contribution in [3.05, 3.63) is 29.8 Å². The number of benzene rings is 1. The van der Waals surface area contributed by atoms with Crippen LogP contribution in [0.4, 0.5) is 4.39 Å². The molecule has 0 radical (unpaired) electrons. The Morgan fingerprint density at radius 3 is 2.93 bits per heavy atom. The highest BCUT2D eigenvalue weighted by Gasteiger charge is 2.18. The van der Waals surface area contributed by atoms with Gasteiger partial charge in [0.15, 0.2) is 16.7 Å². The molecule has 14 heavy (non-hydrogen) atoms. The third kappa shape index (κ3) is 1.32. The maximum atomic E-state index is 12.9. The summed E-state index contributed by atoms with van der Waals surface area (Å²) in [5.41, 5.74) is 0.255. The number of phenolic OH excluding ortho intramolecular Hbond substituents is 1. The van der Waals surface area contributed by atoms with E-state index in [-0.39, 0.29) is 11.5 Å². The second-order valence-electron chi connectivity index (χ2n) is 2.86. The van der Waals surface area contributed by atoms with Gasteiger partial charge in [0.05, 0.1) is 0 Å². The molecule has 0 atom stereocenters. The predicted molar refractivity (Wildman–Crippen MR) is 44.9 cm³/mol. The molecule has 5 heteroatoms. The van der Waals surface area contributed by atoms with Crippen LogP contribution in [0.1, 0.15) is 5.82 Å². The number of halogens is 1. The molecule has 0 fully saturated rings. The molecule has 0 aliphatic heterocycles. The Morgan fingerprint density at radius 1 is 1.50 bits per heavy atom. The summed E-state index contributed by atoms with van der Waals surface area (Å²) in [4.78, 5) is 2.76. The van der Waals surface area contributed by atoms with Gasteiger partial charge in [-0.3, -0.25) is 0 Å². The molecule has 72 valence electrons. The van der Waals surface area contributed by atoms with Crippen LogP contribution in [0.2, 0.25) is 0 Å². The SMILES string of the molecule is Cc1noc(-c2cccc(F)c2O)[nH+]1. The third-order valence-electron chi connectivity index (χ3n) is 1.80. The smallest absolute Gasteiger partial charge is 0.350 e. The molecule has 1 aromatic heterocycles. The second-order valence-corrected chi connectivity index (χ2v) is 2.86. The van der Waals surface area contributed by atoms with Gasteiger partial charge in [-0.05, 0) is 12.1 Å². The van der Waals surface area contributed by atoms with Crippen LogP contribution in [0.15, 0.2) is 22.7 Å². The van der Waals surface area contributed by atoms with E-state index in [1.807, 2.05) is 0 Å². The standard InChI is InChI=1S/C9H7FN2O2/c1-5-11-9(14-12-5)6-3-2-4-7(10)8(6)13/h2-4,13H,1H3/p+1. The van der Waals surface area contributed by atoms with E-state index >= 15 is 0 Å². The minimum Gasteiger partial charge on any atom is -0.504 e. The average molecular weight is 195 g/mol. The van der Waals surface area contributed by atoms with Crippen LogP contribution in [0.5, 0.6) is 5.75 Å². The van der Waals surface area contributed by atoms with Crippen LogP contribution < -0.4 is 4.98 Å². The first-order chi connectivity index (χ1) is 6.68. The molecule has 2 rings (SSSR count). The van der Waals surface area contributed by atoms with Gasteiger partial charge < -0.3 is 5.11 Å². The van der Waals surface area contributed by atoms with Crippen molar-refractivity contribution in [1.29, 1.82) is 0 Å². The van der Waals surface area contributed by atoms with Gasteiger partial charge in [0.1, 0.15) is 5.56 Å². The quantitative estimate of drug-likeness (QED) is 0.746. The number of nitrogens with one attached hydrogen (secondary N) is 1. The Bertz CT molecular complexity index is 468. The summed E-state index contributed by atoms with van der Waals surface area (Å²) in [6.45, 7) is 1.70. The average Bonchev–Trinajstić information content (AvgIpc) is 2.57. The first kappa shape index (κ1) is 8.68. The highest BCUT2D eigenvalue weighted by atomic mass is 19.1. The van der Waals surface area contributed by atoms with Gasteiger partial charge in [-0.15, -0.1) is 0 Å². The molecule has 0 bridgehead atoms. The number of aromatic hydroxyl groups is 1. The number of nitrogens with zero attached hydrogens (tertiary/aromatic N) is 1. The normalized spacial score (nSPS) is 10.4. The van der Waals surface area contributed by atoms with Gasteiger partial charge in [0.2, 0.25) is 0 Å². The van der Waals surface area contributed by atoms with E-state index in [1.54, 1.807) is 6.92 Å². The first-order valence-electron chi connectivity index (χ1n) is 4.02. The van der Waals surface area contributed by atoms with Crippen molar-refractivity contribution in [3.8, 4) is 17.2 Å². The van der Waals surface area contributed by atoms with Crippen molar-refractivity contribution < 1.29 is 19.0 Å². The summed E-state index contributed by atoms with van der Waals surface area (Å²) in [6.07, 6.45) is 0. The monoisotopic (exact) mass is 195 g/mol. The summed E-state index contributed by atoms with van der Waals surface area (Å²) in [7, 11) is 0. The zero-order chi connectivity index (χ0) is 10.1. The van der Waals surface area contributed by atoms with Crippen LogP contribution in [0.25, 0.3) is 11.5 Å². The number of para-hydroxylation sites is 1. The topological polar surface area (TPSA) is 60.4 Å². The molecule has 0 saturated heterocycles. The third-order valence-corrected chi connectivity index (χ3v) is 1.80. The molecule has 0 spiro atoms. The van der Waals surface area contributed by atoms with Crippen LogP contribution in [-0.2, 0) is 0 Å². The van der Waals surface area contributed by atoms with E-state index in [0.29, 0.717) is 5.82 Å². The number of hydrogen-bond donors (Lipinski definition) is 1. The highest BCUT2D eigenvalue weighted by molar-refractivity contribution is 5.59. The van der Waals surface area contributed by atoms with Gasteiger partial charge in [0, 0.05) is 6.92 Å². The van der Waals surface area contributed by atoms with E-state index in [1.165, 1.54) is 18.2 Å². The van der Waals surface area contributed by atoms with Crippen LogP contribution >= 0.6 is 0 Å². The molecule has 0 unspecified atom stereocenters. The van der Waals surface area contributed by atoms with Crippen molar-refractivity contribution in [2.24, 2.45) is 0 Å². The molecule has 1 heterocycles. The van der Waals surface area contributed by atoms with Crippen molar-refractivity contribution in [3.63, 3.8) is 0 Å². The fraction of sp³-hybridized carbons (Fsp3) is 0.111. The van der Waals surface area contributed by atoms with Gasteiger partial charge in [-0.25, -0.2) is 13.9 Å². The summed E-state index contributed by atoms with van der Waals surface area (Å²) in [5.74, 6) is -0.340. The van der Waals surface area contributed by atoms with Crippen molar-refractivity contribution in [2.75, 3.05) is 0 Å². The molecule has 1 aromatic carbocycles. The molecule has 0 amide bonds. The van der Waals surface area contributed by atoms with E-state index in [9.17, 15) is 9.50 Å². The van der Waals surface area contributed by atoms with E-state index in [0.717, 1.165) is 0 Å². The number of rotatable bonds is 1. The van der Waals surface area contributed by atoms with Gasteiger partial charge >= 0.3 is 11.7 Å². The van der Waals surface area contributed by atoms with Gasteiger partial charge in [0.25, 0.3) is 0 Å². The summed E-state index contributed by atoms with van der Waals surface area (Å²) >= 11 is 0. The fourth-order valence-corrected chi connectivity index (χ4v) is 1.14. The largest absolute Gasteiger partial charge is 0.504 e. The van der Waals surface area contributed by atoms with Gasteiger partial charge in [-0.1, -0.05) is 6.07 Å². The second kappa shape index (κ2) is 3.10. The maximum Gasteiger partial charge on any atom is 0.350 e. The predicted octanol–water partition coefficient (Wildman–Crippen LogP) is 1.31. The van der Waals surface area contributed by atoms with Gasteiger partial charge in [-0.2, -0.15) is 0 Å². The highest BCUT2D eigenvalue weighted by Crippen LogP contribution is 2.28. The maximum absolute atomic E-state index is 12.9. The number of aryl methyl sites for hydroxylation is 1. The Kier molecular flexibility index (Phi) is 1.92. The Morgan fingerprint density at radius 2 is 2.29 bits per heavy atom. The Labute approximate surface area is 79.0 Å². The molecular formula is C9H8FN2O2+. The zero-order valence-electron chi connectivity index (χ0n) is 7.41. The van der Waals surface area contributed by atoms with Crippen molar-refractivity contribution in [2.45, 2.75) is 6.92 Å². The molecular weight excluding hydrogens is 187 g/mol.